The number of nitrogens with one attached hydrogen (secondary N) is 1. The van der Waals surface area contributed by atoms with Gasteiger partial charge >= 0.3 is 0 Å². The van der Waals surface area contributed by atoms with Gasteiger partial charge in [0.15, 0.2) is 0 Å². The molecule has 1 aliphatic carbocycles. The van der Waals surface area contributed by atoms with E-state index in [1.54, 1.807) is 0 Å². The molecule has 1 saturated heterocycles. The zero-order valence-electron chi connectivity index (χ0n) is 10.7. The molecule has 2 fully saturated rings. The van der Waals surface area contributed by atoms with Gasteiger partial charge in [-0.05, 0) is 51.2 Å². The average molecular weight is 226 g/mol. The molecule has 1 aliphatic heterocycles. The Hall–Kier alpha value is -0.120. The third kappa shape index (κ3) is 2.76. The number of nitrogens with zero attached hydrogens (tertiary/aromatic N) is 1. The lowest BCUT2D eigenvalue weighted by Crippen LogP contribution is -2.54. The van der Waals surface area contributed by atoms with E-state index >= 15 is 0 Å². The second-order valence-electron chi connectivity index (χ2n) is 5.21. The number of rotatable bonds is 5. The van der Waals surface area contributed by atoms with E-state index in [0.29, 0.717) is 6.10 Å². The number of methoxy groups -OCH3 is 1. The molecule has 0 bridgehead atoms. The van der Waals surface area contributed by atoms with Gasteiger partial charge in [-0.3, -0.25) is 4.90 Å². The van der Waals surface area contributed by atoms with Crippen LogP contribution >= 0.6 is 0 Å². The van der Waals surface area contributed by atoms with Crippen molar-refractivity contribution in [3.8, 4) is 0 Å². The zero-order chi connectivity index (χ0) is 11.4. The molecule has 0 amide bonds. The average Bonchev–Trinajstić information content (AvgIpc) is 2.28. The Balaban J connectivity index is 1.78. The highest BCUT2D eigenvalue weighted by Crippen LogP contribution is 2.33. The molecule has 0 radical (unpaired) electrons. The molecule has 2 aliphatic rings. The van der Waals surface area contributed by atoms with E-state index in [-0.39, 0.29) is 0 Å². The summed E-state index contributed by atoms with van der Waals surface area (Å²) in [6, 6.07) is 0.831. The van der Waals surface area contributed by atoms with Gasteiger partial charge in [0.2, 0.25) is 0 Å². The molecule has 0 spiro atoms. The highest BCUT2D eigenvalue weighted by Gasteiger charge is 2.36. The van der Waals surface area contributed by atoms with Crippen molar-refractivity contribution >= 4 is 0 Å². The zero-order valence-corrected chi connectivity index (χ0v) is 10.7. The fraction of sp³-hybridized carbons (Fsp3) is 1.00. The molecule has 3 unspecified atom stereocenters. The SMILES string of the molecule is CCNCC1CCC1N1CCCC(OC)C1. The van der Waals surface area contributed by atoms with Crippen LogP contribution in [0.3, 0.4) is 0 Å². The summed E-state index contributed by atoms with van der Waals surface area (Å²) in [7, 11) is 1.85. The third-order valence-electron chi connectivity index (χ3n) is 4.25. The lowest BCUT2D eigenvalue weighted by molar-refractivity contribution is -0.0222. The van der Waals surface area contributed by atoms with E-state index in [1.165, 1.54) is 38.8 Å². The van der Waals surface area contributed by atoms with Crippen molar-refractivity contribution in [3.63, 3.8) is 0 Å². The van der Waals surface area contributed by atoms with Gasteiger partial charge in [-0.2, -0.15) is 0 Å². The van der Waals surface area contributed by atoms with E-state index < -0.39 is 0 Å². The van der Waals surface area contributed by atoms with Crippen molar-refractivity contribution in [1.82, 2.24) is 10.2 Å². The number of ether oxygens (including phenoxy) is 1. The molecule has 1 saturated carbocycles. The summed E-state index contributed by atoms with van der Waals surface area (Å²) < 4.78 is 5.50. The predicted molar refractivity (Wildman–Crippen MR) is 66.7 cm³/mol. The smallest absolute Gasteiger partial charge is 0.0698 e. The van der Waals surface area contributed by atoms with Crippen molar-refractivity contribution in [1.29, 1.82) is 0 Å². The molecule has 16 heavy (non-hydrogen) atoms. The summed E-state index contributed by atoms with van der Waals surface area (Å²) in [6.07, 6.45) is 5.84. The van der Waals surface area contributed by atoms with Gasteiger partial charge in [0.1, 0.15) is 0 Å². The molecule has 0 aromatic heterocycles. The molecule has 0 aromatic rings. The first kappa shape index (κ1) is 12.3. The number of hydrogen-bond donors (Lipinski definition) is 1. The van der Waals surface area contributed by atoms with Crippen molar-refractivity contribution in [3.05, 3.63) is 0 Å². The van der Waals surface area contributed by atoms with E-state index in [1.807, 2.05) is 7.11 Å². The van der Waals surface area contributed by atoms with Crippen molar-refractivity contribution in [2.75, 3.05) is 33.3 Å². The standard InChI is InChI=1S/C13H26N2O/c1-3-14-9-11-6-7-13(11)15-8-4-5-12(10-15)16-2/h11-14H,3-10H2,1-2H3. The number of hydrogen-bond acceptors (Lipinski definition) is 3. The third-order valence-corrected chi connectivity index (χ3v) is 4.25. The van der Waals surface area contributed by atoms with Crippen molar-refractivity contribution in [2.24, 2.45) is 5.92 Å². The van der Waals surface area contributed by atoms with E-state index in [4.69, 9.17) is 4.74 Å². The molecule has 1 N–H and O–H groups in total. The second-order valence-corrected chi connectivity index (χ2v) is 5.21. The molecule has 0 aromatic carbocycles. The fourth-order valence-corrected chi connectivity index (χ4v) is 3.06. The van der Waals surface area contributed by atoms with Crippen LogP contribution in [0.1, 0.15) is 32.6 Å². The Morgan fingerprint density at radius 3 is 2.81 bits per heavy atom. The van der Waals surface area contributed by atoms with Crippen LogP contribution < -0.4 is 5.32 Å². The highest BCUT2D eigenvalue weighted by molar-refractivity contribution is 4.92. The molecule has 1 heterocycles. The van der Waals surface area contributed by atoms with Crippen LogP contribution in [0, 0.1) is 5.92 Å². The quantitative estimate of drug-likeness (QED) is 0.768. The predicted octanol–water partition coefficient (Wildman–Crippen LogP) is 1.49. The van der Waals surface area contributed by atoms with Gasteiger partial charge < -0.3 is 10.1 Å². The van der Waals surface area contributed by atoms with Gasteiger partial charge in [-0.15, -0.1) is 0 Å². The van der Waals surface area contributed by atoms with Crippen LogP contribution in [0.5, 0.6) is 0 Å². The lowest BCUT2D eigenvalue weighted by Gasteiger charge is -2.47. The van der Waals surface area contributed by atoms with Crippen LogP contribution in [0.25, 0.3) is 0 Å². The normalized spacial score (nSPS) is 36.0. The molecule has 3 heteroatoms. The maximum Gasteiger partial charge on any atom is 0.0698 e. The lowest BCUT2D eigenvalue weighted by atomic mass is 9.77. The van der Waals surface area contributed by atoms with Gasteiger partial charge in [-0.25, -0.2) is 0 Å². The number of piperidine rings is 1. The Bertz CT molecular complexity index is 210. The van der Waals surface area contributed by atoms with Crippen molar-refractivity contribution in [2.45, 2.75) is 44.8 Å². The largest absolute Gasteiger partial charge is 0.380 e. The Morgan fingerprint density at radius 1 is 1.31 bits per heavy atom. The summed E-state index contributed by atoms with van der Waals surface area (Å²) in [5.41, 5.74) is 0. The molecule has 3 atom stereocenters. The Labute approximate surface area is 99.5 Å². The van der Waals surface area contributed by atoms with Gasteiger partial charge in [0, 0.05) is 19.7 Å². The summed E-state index contributed by atoms with van der Waals surface area (Å²) in [4.78, 5) is 2.67. The van der Waals surface area contributed by atoms with E-state index in [2.05, 4.69) is 17.1 Å². The van der Waals surface area contributed by atoms with E-state index in [9.17, 15) is 0 Å². The Kier molecular flexibility index (Phi) is 4.62. The van der Waals surface area contributed by atoms with Crippen molar-refractivity contribution < 1.29 is 4.74 Å². The molecular weight excluding hydrogens is 200 g/mol. The minimum absolute atomic E-state index is 0.481. The van der Waals surface area contributed by atoms with E-state index in [0.717, 1.165) is 25.0 Å². The minimum Gasteiger partial charge on any atom is -0.380 e. The first-order chi connectivity index (χ1) is 7.85. The maximum absolute atomic E-state index is 5.50. The molecule has 94 valence electrons. The van der Waals surface area contributed by atoms with Gasteiger partial charge in [0.25, 0.3) is 0 Å². The summed E-state index contributed by atoms with van der Waals surface area (Å²) >= 11 is 0. The molecule has 2 rings (SSSR count). The van der Waals surface area contributed by atoms with Gasteiger partial charge in [-0.1, -0.05) is 6.92 Å². The summed E-state index contributed by atoms with van der Waals surface area (Å²) in [5, 5.41) is 3.49. The second kappa shape index (κ2) is 5.99. The van der Waals surface area contributed by atoms with Crippen LogP contribution in [-0.2, 0) is 4.74 Å². The first-order valence-electron chi connectivity index (χ1n) is 6.82. The Morgan fingerprint density at radius 2 is 2.19 bits per heavy atom. The van der Waals surface area contributed by atoms with Crippen LogP contribution in [-0.4, -0.2) is 50.3 Å². The maximum atomic E-state index is 5.50. The molecular formula is C13H26N2O. The summed E-state index contributed by atoms with van der Waals surface area (Å²) in [5.74, 6) is 0.885. The minimum atomic E-state index is 0.481. The van der Waals surface area contributed by atoms with Crippen LogP contribution in [0.15, 0.2) is 0 Å². The summed E-state index contributed by atoms with van der Waals surface area (Å²) in [6.45, 7) is 6.94. The van der Waals surface area contributed by atoms with Gasteiger partial charge in [0.05, 0.1) is 6.10 Å². The molecule has 3 nitrogen and oxygen atoms in total. The van der Waals surface area contributed by atoms with Crippen LogP contribution in [0.4, 0.5) is 0 Å². The monoisotopic (exact) mass is 226 g/mol. The highest BCUT2D eigenvalue weighted by atomic mass is 16.5. The van der Waals surface area contributed by atoms with Crippen LogP contribution in [0.2, 0.25) is 0 Å². The number of likely N-dealkylation sites (tertiary alicyclic amines) is 1. The first-order valence-corrected chi connectivity index (χ1v) is 6.82. The topological polar surface area (TPSA) is 24.5 Å². The fourth-order valence-electron chi connectivity index (χ4n) is 3.06.